The normalized spacial score (nSPS) is 14.4. The molecule has 2 heterocycles. The minimum atomic E-state index is 0. The van der Waals surface area contributed by atoms with Crippen LogP contribution in [0.15, 0.2) is 35.3 Å². The number of aliphatic imine (C=N–C) groups is 1. The zero-order valence-corrected chi connectivity index (χ0v) is 21.0. The predicted molar refractivity (Wildman–Crippen MR) is 135 cm³/mol. The molecule has 0 bridgehead atoms. The third-order valence-electron chi connectivity index (χ3n) is 5.59. The molecule has 3 rings (SSSR count). The summed E-state index contributed by atoms with van der Waals surface area (Å²) in [6.45, 7) is 10.1. The number of guanidine groups is 1. The van der Waals surface area contributed by atoms with Crippen LogP contribution in [-0.4, -0.2) is 40.4 Å². The predicted octanol–water partition coefficient (Wildman–Crippen LogP) is 4.09. The largest absolute Gasteiger partial charge is 0.357 e. The van der Waals surface area contributed by atoms with Gasteiger partial charge in [-0.25, -0.2) is 0 Å². The van der Waals surface area contributed by atoms with Gasteiger partial charge in [0.1, 0.15) is 11.6 Å². The molecule has 0 aliphatic carbocycles. The van der Waals surface area contributed by atoms with Gasteiger partial charge < -0.3 is 15.2 Å². The Hall–Kier alpha value is -1.64. The zero-order valence-electron chi connectivity index (χ0n) is 18.7. The van der Waals surface area contributed by atoms with Crippen LogP contribution in [0.25, 0.3) is 0 Å². The van der Waals surface area contributed by atoms with Gasteiger partial charge in [-0.05, 0) is 31.7 Å². The number of nitrogens with zero attached hydrogens (tertiary/aromatic N) is 4. The molecule has 7 heteroatoms. The standard InChI is InChI=1S/C23H36N6.HI/c1-4-24-22(26-18-23(2,3)19-12-7-5-8-13-19)25-16-11-15-21-28-27-20-14-9-6-10-17-29(20)21;/h5,7-8,12-13H,4,6,9-11,14-18H2,1-3H3,(H2,24,25,26);1H. The highest BCUT2D eigenvalue weighted by molar-refractivity contribution is 14.0. The van der Waals surface area contributed by atoms with Crippen LogP contribution in [0.5, 0.6) is 0 Å². The Morgan fingerprint density at radius 3 is 2.67 bits per heavy atom. The van der Waals surface area contributed by atoms with E-state index in [0.717, 1.165) is 57.2 Å². The molecule has 166 valence electrons. The van der Waals surface area contributed by atoms with Gasteiger partial charge in [0, 0.05) is 37.9 Å². The summed E-state index contributed by atoms with van der Waals surface area (Å²) in [4.78, 5) is 4.84. The van der Waals surface area contributed by atoms with Gasteiger partial charge in [0.25, 0.3) is 0 Å². The Bertz CT molecular complexity index is 784. The first-order valence-electron chi connectivity index (χ1n) is 11.1. The first-order valence-corrected chi connectivity index (χ1v) is 11.1. The molecule has 0 fully saturated rings. The SMILES string of the molecule is CCNC(=NCC(C)(C)c1ccccc1)NCCCc1nnc2n1CCCCC2.I. The molecule has 0 spiro atoms. The molecule has 1 aliphatic rings. The van der Waals surface area contributed by atoms with Gasteiger partial charge in [0.05, 0.1) is 6.54 Å². The van der Waals surface area contributed by atoms with Crippen LogP contribution in [0.2, 0.25) is 0 Å². The molecule has 0 saturated heterocycles. The number of rotatable bonds is 8. The fourth-order valence-electron chi connectivity index (χ4n) is 3.78. The summed E-state index contributed by atoms with van der Waals surface area (Å²) >= 11 is 0. The van der Waals surface area contributed by atoms with Crippen LogP contribution in [0.4, 0.5) is 0 Å². The number of halogens is 1. The van der Waals surface area contributed by atoms with Crippen molar-refractivity contribution < 1.29 is 0 Å². The molecule has 6 nitrogen and oxygen atoms in total. The van der Waals surface area contributed by atoms with E-state index in [1.807, 2.05) is 0 Å². The molecule has 0 saturated carbocycles. The van der Waals surface area contributed by atoms with Crippen LogP contribution < -0.4 is 10.6 Å². The van der Waals surface area contributed by atoms with Crippen LogP contribution in [0.3, 0.4) is 0 Å². The Balaban J connectivity index is 0.00000320. The topological polar surface area (TPSA) is 67.1 Å². The summed E-state index contributed by atoms with van der Waals surface area (Å²) in [6.07, 6.45) is 6.82. The Labute approximate surface area is 198 Å². The Morgan fingerprint density at radius 1 is 1.10 bits per heavy atom. The van der Waals surface area contributed by atoms with Crippen molar-refractivity contribution in [2.24, 2.45) is 4.99 Å². The van der Waals surface area contributed by atoms with E-state index in [-0.39, 0.29) is 29.4 Å². The molecule has 1 aromatic carbocycles. The van der Waals surface area contributed by atoms with Gasteiger partial charge in [-0.2, -0.15) is 0 Å². The lowest BCUT2D eigenvalue weighted by molar-refractivity contribution is 0.537. The second-order valence-electron chi connectivity index (χ2n) is 8.47. The van der Waals surface area contributed by atoms with E-state index in [4.69, 9.17) is 4.99 Å². The monoisotopic (exact) mass is 524 g/mol. The molecule has 2 N–H and O–H groups in total. The molecule has 2 aromatic rings. The van der Waals surface area contributed by atoms with Crippen molar-refractivity contribution in [3.05, 3.63) is 47.5 Å². The highest BCUT2D eigenvalue weighted by Gasteiger charge is 2.20. The molecule has 0 atom stereocenters. The van der Waals surface area contributed by atoms with E-state index >= 15 is 0 Å². The summed E-state index contributed by atoms with van der Waals surface area (Å²) in [5, 5.41) is 15.7. The summed E-state index contributed by atoms with van der Waals surface area (Å²) in [5.74, 6) is 3.19. The van der Waals surface area contributed by atoms with Crippen molar-refractivity contribution in [2.45, 2.75) is 71.3 Å². The molecular formula is C23H37IN6. The number of benzene rings is 1. The van der Waals surface area contributed by atoms with Gasteiger partial charge >= 0.3 is 0 Å². The number of aryl methyl sites for hydroxylation is 2. The molecule has 30 heavy (non-hydrogen) atoms. The fourth-order valence-corrected chi connectivity index (χ4v) is 3.78. The number of nitrogens with one attached hydrogen (secondary N) is 2. The third kappa shape index (κ3) is 6.96. The van der Waals surface area contributed by atoms with Crippen molar-refractivity contribution in [1.82, 2.24) is 25.4 Å². The highest BCUT2D eigenvalue weighted by Crippen LogP contribution is 2.23. The van der Waals surface area contributed by atoms with E-state index in [1.165, 1.54) is 30.7 Å². The molecule has 1 aliphatic heterocycles. The summed E-state index contributed by atoms with van der Waals surface area (Å²) in [7, 11) is 0. The number of fused-ring (bicyclic) bond motifs is 1. The number of aromatic nitrogens is 3. The average molecular weight is 524 g/mol. The first-order chi connectivity index (χ1) is 14.1. The van der Waals surface area contributed by atoms with Crippen molar-refractivity contribution in [3.63, 3.8) is 0 Å². The molecular weight excluding hydrogens is 487 g/mol. The molecule has 1 aromatic heterocycles. The van der Waals surface area contributed by atoms with Gasteiger partial charge in [0.15, 0.2) is 5.96 Å². The van der Waals surface area contributed by atoms with Crippen LogP contribution in [0, 0.1) is 0 Å². The van der Waals surface area contributed by atoms with Crippen LogP contribution >= 0.6 is 24.0 Å². The lowest BCUT2D eigenvalue weighted by Gasteiger charge is -2.24. The van der Waals surface area contributed by atoms with Crippen molar-refractivity contribution in [1.29, 1.82) is 0 Å². The van der Waals surface area contributed by atoms with E-state index in [0.29, 0.717) is 0 Å². The molecule has 0 radical (unpaired) electrons. The van der Waals surface area contributed by atoms with Crippen LogP contribution in [-0.2, 0) is 24.8 Å². The van der Waals surface area contributed by atoms with Crippen molar-refractivity contribution in [3.8, 4) is 0 Å². The molecule has 0 unspecified atom stereocenters. The maximum Gasteiger partial charge on any atom is 0.191 e. The average Bonchev–Trinajstić information content (AvgIpc) is 2.95. The van der Waals surface area contributed by atoms with E-state index in [1.54, 1.807) is 0 Å². The maximum absolute atomic E-state index is 4.84. The second kappa shape index (κ2) is 12.3. The lowest BCUT2D eigenvalue weighted by atomic mass is 9.85. The Kier molecular flexibility index (Phi) is 10.1. The number of hydrogen-bond acceptors (Lipinski definition) is 3. The number of hydrogen-bond donors (Lipinski definition) is 2. The first kappa shape index (κ1) is 24.6. The summed E-state index contributed by atoms with van der Waals surface area (Å²) in [5.41, 5.74) is 1.31. The van der Waals surface area contributed by atoms with E-state index < -0.39 is 0 Å². The van der Waals surface area contributed by atoms with Gasteiger partial charge in [-0.3, -0.25) is 4.99 Å². The van der Waals surface area contributed by atoms with Crippen molar-refractivity contribution >= 4 is 29.9 Å². The lowest BCUT2D eigenvalue weighted by Crippen LogP contribution is -2.39. The summed E-state index contributed by atoms with van der Waals surface area (Å²) in [6, 6.07) is 10.6. The van der Waals surface area contributed by atoms with Crippen molar-refractivity contribution in [2.75, 3.05) is 19.6 Å². The Morgan fingerprint density at radius 2 is 1.90 bits per heavy atom. The fraction of sp³-hybridized carbons (Fsp3) is 0.609. The minimum Gasteiger partial charge on any atom is -0.357 e. The smallest absolute Gasteiger partial charge is 0.191 e. The highest BCUT2D eigenvalue weighted by atomic mass is 127. The van der Waals surface area contributed by atoms with Gasteiger partial charge in [0.2, 0.25) is 0 Å². The zero-order chi connectivity index (χ0) is 20.5. The van der Waals surface area contributed by atoms with E-state index in [2.05, 4.69) is 76.5 Å². The summed E-state index contributed by atoms with van der Waals surface area (Å²) < 4.78 is 2.34. The quantitative estimate of drug-likeness (QED) is 0.236. The second-order valence-corrected chi connectivity index (χ2v) is 8.47. The molecule has 0 amide bonds. The van der Waals surface area contributed by atoms with Crippen LogP contribution in [0.1, 0.15) is 63.7 Å². The van der Waals surface area contributed by atoms with Gasteiger partial charge in [-0.1, -0.05) is 50.6 Å². The van der Waals surface area contributed by atoms with Gasteiger partial charge in [-0.15, -0.1) is 34.2 Å². The third-order valence-corrected chi connectivity index (χ3v) is 5.59. The maximum atomic E-state index is 4.84. The van der Waals surface area contributed by atoms with E-state index in [9.17, 15) is 0 Å². The minimum absolute atomic E-state index is 0.